The van der Waals surface area contributed by atoms with Crippen LogP contribution in [0.25, 0.3) is 11.3 Å². The molecule has 1 fully saturated rings. The standard InChI is InChI=1S/C17H19N5O/c1-2-14(16-5-8-19-20-16)11-22(9-1)12-15-10-17(21-23-15)13-3-6-18-7-4-13/h3-8,10,14H,1-2,9,11-12H2,(H,19,20)/t14-/m1/s1. The highest BCUT2D eigenvalue weighted by atomic mass is 16.5. The van der Waals surface area contributed by atoms with Gasteiger partial charge in [-0.15, -0.1) is 0 Å². The maximum Gasteiger partial charge on any atom is 0.151 e. The number of rotatable bonds is 4. The van der Waals surface area contributed by atoms with E-state index < -0.39 is 0 Å². The van der Waals surface area contributed by atoms with Gasteiger partial charge in [0.05, 0.1) is 6.54 Å². The summed E-state index contributed by atoms with van der Waals surface area (Å²) in [5.74, 6) is 1.43. The lowest BCUT2D eigenvalue weighted by Crippen LogP contribution is -2.33. The van der Waals surface area contributed by atoms with Gasteiger partial charge in [0.1, 0.15) is 5.69 Å². The van der Waals surface area contributed by atoms with Gasteiger partial charge < -0.3 is 4.52 Å². The number of piperidine rings is 1. The molecule has 1 aliphatic rings. The van der Waals surface area contributed by atoms with Crippen LogP contribution in [0.3, 0.4) is 0 Å². The highest BCUT2D eigenvalue weighted by Crippen LogP contribution is 2.27. The van der Waals surface area contributed by atoms with Gasteiger partial charge in [-0.05, 0) is 37.6 Å². The minimum absolute atomic E-state index is 0.522. The number of nitrogens with zero attached hydrogens (tertiary/aromatic N) is 4. The van der Waals surface area contributed by atoms with Crippen molar-refractivity contribution < 1.29 is 4.52 Å². The van der Waals surface area contributed by atoms with Crippen molar-refractivity contribution in [2.75, 3.05) is 13.1 Å². The first-order valence-corrected chi connectivity index (χ1v) is 7.96. The van der Waals surface area contributed by atoms with Gasteiger partial charge in [0.2, 0.25) is 0 Å². The van der Waals surface area contributed by atoms with Crippen LogP contribution in [0.1, 0.15) is 30.2 Å². The highest BCUT2D eigenvalue weighted by Gasteiger charge is 2.23. The number of nitrogens with one attached hydrogen (secondary N) is 1. The summed E-state index contributed by atoms with van der Waals surface area (Å²) in [6.07, 6.45) is 7.75. The first-order chi connectivity index (χ1) is 11.4. The fourth-order valence-electron chi connectivity index (χ4n) is 3.21. The average molecular weight is 309 g/mol. The lowest BCUT2D eigenvalue weighted by Gasteiger charge is -2.31. The molecule has 23 heavy (non-hydrogen) atoms. The van der Waals surface area contributed by atoms with E-state index in [-0.39, 0.29) is 0 Å². The largest absolute Gasteiger partial charge is 0.359 e. The molecule has 0 radical (unpaired) electrons. The lowest BCUT2D eigenvalue weighted by molar-refractivity contribution is 0.179. The number of hydrogen-bond acceptors (Lipinski definition) is 5. The van der Waals surface area contributed by atoms with Crippen LogP contribution in [0, 0.1) is 0 Å². The topological polar surface area (TPSA) is 70.8 Å². The number of aromatic nitrogens is 4. The minimum Gasteiger partial charge on any atom is -0.359 e. The van der Waals surface area contributed by atoms with Crippen molar-refractivity contribution in [1.82, 2.24) is 25.2 Å². The molecule has 1 N–H and O–H groups in total. The van der Waals surface area contributed by atoms with Crippen molar-refractivity contribution in [3.8, 4) is 11.3 Å². The average Bonchev–Trinajstić information content (AvgIpc) is 3.28. The molecule has 0 aliphatic carbocycles. The number of hydrogen-bond donors (Lipinski definition) is 1. The van der Waals surface area contributed by atoms with Gasteiger partial charge in [0.15, 0.2) is 5.76 Å². The SMILES string of the molecule is c1cc(-c2cc(CN3CCC[C@@H](c4ccn[nH]4)C3)on2)ccn1. The fraction of sp³-hybridized carbons (Fsp3) is 0.353. The van der Waals surface area contributed by atoms with Crippen molar-refractivity contribution in [3.05, 3.63) is 54.3 Å². The second kappa shape index (κ2) is 6.34. The fourth-order valence-corrected chi connectivity index (χ4v) is 3.21. The number of aromatic amines is 1. The zero-order chi connectivity index (χ0) is 15.5. The molecule has 0 unspecified atom stereocenters. The number of pyridine rings is 1. The van der Waals surface area contributed by atoms with Gasteiger partial charge in [-0.1, -0.05) is 5.16 Å². The van der Waals surface area contributed by atoms with E-state index in [1.807, 2.05) is 24.4 Å². The Morgan fingerprint density at radius 3 is 2.96 bits per heavy atom. The molecule has 3 aromatic rings. The van der Waals surface area contributed by atoms with Gasteiger partial charge in [-0.25, -0.2) is 0 Å². The van der Waals surface area contributed by atoms with Crippen LogP contribution in [-0.2, 0) is 6.54 Å². The van der Waals surface area contributed by atoms with Gasteiger partial charge in [0.25, 0.3) is 0 Å². The van der Waals surface area contributed by atoms with E-state index in [0.29, 0.717) is 5.92 Å². The first-order valence-electron chi connectivity index (χ1n) is 7.96. The van der Waals surface area contributed by atoms with E-state index in [2.05, 4.69) is 31.3 Å². The van der Waals surface area contributed by atoms with Crippen LogP contribution >= 0.6 is 0 Å². The first kappa shape index (κ1) is 14.1. The van der Waals surface area contributed by atoms with E-state index in [1.165, 1.54) is 18.5 Å². The summed E-state index contributed by atoms with van der Waals surface area (Å²) in [7, 11) is 0. The quantitative estimate of drug-likeness (QED) is 0.802. The van der Waals surface area contributed by atoms with Gasteiger partial charge >= 0.3 is 0 Å². The Hall–Kier alpha value is -2.47. The third-order valence-corrected chi connectivity index (χ3v) is 4.38. The highest BCUT2D eigenvalue weighted by molar-refractivity contribution is 5.57. The molecule has 6 heteroatoms. The van der Waals surface area contributed by atoms with E-state index >= 15 is 0 Å². The normalized spacial score (nSPS) is 19.0. The molecule has 1 saturated heterocycles. The molecule has 4 heterocycles. The molecule has 0 spiro atoms. The Morgan fingerprint density at radius 2 is 2.13 bits per heavy atom. The van der Waals surface area contributed by atoms with Gasteiger partial charge in [-0.3, -0.25) is 15.0 Å². The summed E-state index contributed by atoms with van der Waals surface area (Å²) in [6.45, 7) is 2.91. The lowest BCUT2D eigenvalue weighted by atomic mass is 9.95. The molecule has 1 atom stereocenters. The molecule has 3 aromatic heterocycles. The van der Waals surface area contributed by atoms with E-state index in [4.69, 9.17) is 4.52 Å². The Balaban J connectivity index is 1.43. The zero-order valence-electron chi connectivity index (χ0n) is 12.9. The van der Waals surface area contributed by atoms with Crippen molar-refractivity contribution in [1.29, 1.82) is 0 Å². The summed E-state index contributed by atoms with van der Waals surface area (Å²) in [6, 6.07) is 7.98. The maximum atomic E-state index is 5.52. The maximum absolute atomic E-state index is 5.52. The van der Waals surface area contributed by atoms with Crippen molar-refractivity contribution >= 4 is 0 Å². The summed E-state index contributed by atoms with van der Waals surface area (Å²) < 4.78 is 5.52. The Labute approximate surface area is 134 Å². The van der Waals surface area contributed by atoms with E-state index in [9.17, 15) is 0 Å². The van der Waals surface area contributed by atoms with Crippen LogP contribution in [0.5, 0.6) is 0 Å². The van der Waals surface area contributed by atoms with Gasteiger partial charge in [0, 0.05) is 48.4 Å². The molecule has 0 saturated carbocycles. The monoisotopic (exact) mass is 309 g/mol. The van der Waals surface area contributed by atoms with E-state index in [0.717, 1.165) is 36.7 Å². The third kappa shape index (κ3) is 3.17. The van der Waals surface area contributed by atoms with Crippen molar-refractivity contribution in [3.63, 3.8) is 0 Å². The van der Waals surface area contributed by atoms with Crippen LogP contribution in [0.4, 0.5) is 0 Å². The zero-order valence-corrected chi connectivity index (χ0v) is 12.9. The van der Waals surface area contributed by atoms with Crippen molar-refractivity contribution in [2.24, 2.45) is 0 Å². The third-order valence-electron chi connectivity index (χ3n) is 4.38. The molecular weight excluding hydrogens is 290 g/mol. The Bertz CT molecular complexity index is 737. The Morgan fingerprint density at radius 1 is 1.22 bits per heavy atom. The minimum atomic E-state index is 0.522. The summed E-state index contributed by atoms with van der Waals surface area (Å²) in [5.41, 5.74) is 3.12. The molecule has 6 nitrogen and oxygen atoms in total. The smallest absolute Gasteiger partial charge is 0.151 e. The van der Waals surface area contributed by atoms with E-state index in [1.54, 1.807) is 12.4 Å². The molecule has 0 amide bonds. The predicted molar refractivity (Wildman–Crippen MR) is 85.6 cm³/mol. The van der Waals surface area contributed by atoms with Crippen LogP contribution in [-0.4, -0.2) is 38.3 Å². The summed E-state index contributed by atoms with van der Waals surface area (Å²) in [5, 5.41) is 11.3. The second-order valence-electron chi connectivity index (χ2n) is 6.00. The second-order valence-corrected chi connectivity index (χ2v) is 6.00. The molecule has 4 rings (SSSR count). The number of likely N-dealkylation sites (tertiary alicyclic amines) is 1. The van der Waals surface area contributed by atoms with Gasteiger partial charge in [-0.2, -0.15) is 5.10 Å². The molecule has 1 aliphatic heterocycles. The summed E-state index contributed by atoms with van der Waals surface area (Å²) >= 11 is 0. The predicted octanol–water partition coefficient (Wildman–Crippen LogP) is 2.84. The Kier molecular flexibility index (Phi) is 3.90. The molecule has 118 valence electrons. The molecular formula is C17H19N5O. The van der Waals surface area contributed by atoms with Crippen LogP contribution in [0.15, 0.2) is 47.4 Å². The van der Waals surface area contributed by atoms with Crippen LogP contribution in [0.2, 0.25) is 0 Å². The molecule has 0 bridgehead atoms. The molecule has 0 aromatic carbocycles. The van der Waals surface area contributed by atoms with Crippen molar-refractivity contribution in [2.45, 2.75) is 25.3 Å². The summed E-state index contributed by atoms with van der Waals surface area (Å²) in [4.78, 5) is 6.45. The van der Waals surface area contributed by atoms with Crippen LogP contribution < -0.4 is 0 Å². The number of H-pyrrole nitrogens is 1.